The van der Waals surface area contributed by atoms with Crippen molar-refractivity contribution < 1.29 is 15.0 Å². The van der Waals surface area contributed by atoms with Crippen LogP contribution in [0.2, 0.25) is 0 Å². The van der Waals surface area contributed by atoms with Gasteiger partial charge in [-0.3, -0.25) is 4.79 Å². The Bertz CT molecular complexity index is 347. The Morgan fingerprint density at radius 3 is 2.43 bits per heavy atom. The molecule has 14 heavy (non-hydrogen) atoms. The fourth-order valence-corrected chi connectivity index (χ4v) is 1.57. The summed E-state index contributed by atoms with van der Waals surface area (Å²) in [5.41, 5.74) is 0.712. The van der Waals surface area contributed by atoms with Gasteiger partial charge in [0.05, 0.1) is 19.1 Å². The summed E-state index contributed by atoms with van der Waals surface area (Å²) < 4.78 is 0. The molecule has 0 saturated carbocycles. The van der Waals surface area contributed by atoms with E-state index in [1.807, 2.05) is 0 Å². The summed E-state index contributed by atoms with van der Waals surface area (Å²) in [6.45, 7) is 0.337. The molecule has 1 amide bonds. The normalized spacial score (nSPS) is 21.6. The molecule has 1 atom stereocenters. The average molecular weight is 193 g/mol. The summed E-state index contributed by atoms with van der Waals surface area (Å²) in [4.78, 5) is 12.9. The highest BCUT2D eigenvalue weighted by Gasteiger charge is 2.28. The van der Waals surface area contributed by atoms with Gasteiger partial charge in [-0.25, -0.2) is 0 Å². The third-order valence-corrected chi connectivity index (χ3v) is 2.27. The number of rotatable bonds is 1. The number of aliphatic hydroxyl groups is 1. The lowest BCUT2D eigenvalue weighted by atomic mass is 10.3. The molecule has 1 unspecified atom stereocenters. The molecule has 4 nitrogen and oxygen atoms in total. The average Bonchev–Trinajstić information content (AvgIpc) is 2.47. The van der Waals surface area contributed by atoms with E-state index in [0.29, 0.717) is 12.2 Å². The van der Waals surface area contributed by atoms with Crippen molar-refractivity contribution in [3.8, 4) is 5.75 Å². The van der Waals surface area contributed by atoms with Crippen LogP contribution in [0.25, 0.3) is 0 Å². The zero-order valence-corrected chi connectivity index (χ0v) is 7.55. The van der Waals surface area contributed by atoms with Gasteiger partial charge in [-0.2, -0.15) is 0 Å². The highest BCUT2D eigenvalue weighted by molar-refractivity contribution is 5.96. The molecule has 1 fully saturated rings. The number of benzene rings is 1. The first kappa shape index (κ1) is 9.02. The Labute approximate surface area is 81.4 Å². The summed E-state index contributed by atoms with van der Waals surface area (Å²) >= 11 is 0. The van der Waals surface area contributed by atoms with Crippen LogP contribution in [0, 0.1) is 0 Å². The summed E-state index contributed by atoms with van der Waals surface area (Å²) in [6.07, 6.45) is -0.391. The van der Waals surface area contributed by atoms with Gasteiger partial charge in [-0.1, -0.05) is 0 Å². The topological polar surface area (TPSA) is 60.8 Å². The maximum absolute atomic E-state index is 11.4. The second-order valence-electron chi connectivity index (χ2n) is 3.38. The number of β-amino-alcohol motifs (C(OH)–C–C–N with tert-alkyl or cyclic N) is 1. The second kappa shape index (κ2) is 3.31. The molecule has 1 aromatic rings. The molecule has 1 aromatic carbocycles. The minimum Gasteiger partial charge on any atom is -0.508 e. The van der Waals surface area contributed by atoms with E-state index in [9.17, 15) is 9.90 Å². The molecular weight excluding hydrogens is 182 g/mol. The van der Waals surface area contributed by atoms with Gasteiger partial charge in [-0.05, 0) is 24.3 Å². The molecule has 0 bridgehead atoms. The third-order valence-electron chi connectivity index (χ3n) is 2.27. The fourth-order valence-electron chi connectivity index (χ4n) is 1.57. The lowest BCUT2D eigenvalue weighted by Crippen LogP contribution is -2.24. The van der Waals surface area contributed by atoms with Gasteiger partial charge in [0.2, 0.25) is 5.91 Å². The number of anilines is 1. The number of hydrogen-bond donors (Lipinski definition) is 2. The van der Waals surface area contributed by atoms with E-state index in [1.54, 1.807) is 12.1 Å². The molecule has 0 aromatic heterocycles. The number of aromatic hydroxyl groups is 1. The first-order valence-corrected chi connectivity index (χ1v) is 4.44. The van der Waals surface area contributed by atoms with E-state index in [-0.39, 0.29) is 18.1 Å². The maximum atomic E-state index is 11.4. The second-order valence-corrected chi connectivity index (χ2v) is 3.38. The van der Waals surface area contributed by atoms with E-state index >= 15 is 0 Å². The van der Waals surface area contributed by atoms with Crippen molar-refractivity contribution in [1.82, 2.24) is 0 Å². The van der Waals surface area contributed by atoms with E-state index in [1.165, 1.54) is 17.0 Å². The number of phenols is 1. The van der Waals surface area contributed by atoms with Crippen LogP contribution in [0.4, 0.5) is 5.69 Å². The van der Waals surface area contributed by atoms with Gasteiger partial charge in [0.1, 0.15) is 5.75 Å². The van der Waals surface area contributed by atoms with Crippen molar-refractivity contribution in [1.29, 1.82) is 0 Å². The Hall–Kier alpha value is -1.55. The highest BCUT2D eigenvalue weighted by Crippen LogP contribution is 2.23. The molecule has 1 aliphatic rings. The fraction of sp³-hybridized carbons (Fsp3) is 0.300. The standard InChI is InChI=1S/C10H11NO3/c12-8-3-1-7(2-4-8)11-6-9(13)5-10(11)14/h1-4,9,12-13H,5-6H2. The Balaban J connectivity index is 2.23. The highest BCUT2D eigenvalue weighted by atomic mass is 16.3. The van der Waals surface area contributed by atoms with Crippen molar-refractivity contribution in [3.05, 3.63) is 24.3 Å². The van der Waals surface area contributed by atoms with Gasteiger partial charge in [0.15, 0.2) is 0 Å². The van der Waals surface area contributed by atoms with Gasteiger partial charge < -0.3 is 15.1 Å². The van der Waals surface area contributed by atoms with Gasteiger partial charge in [0.25, 0.3) is 0 Å². The predicted molar refractivity (Wildman–Crippen MR) is 51.1 cm³/mol. The summed E-state index contributed by atoms with van der Waals surface area (Å²) in [5, 5.41) is 18.3. The molecule has 0 aliphatic carbocycles. The number of carbonyl (C=O) groups excluding carboxylic acids is 1. The van der Waals surface area contributed by atoms with Crippen LogP contribution in [0.5, 0.6) is 5.75 Å². The first-order chi connectivity index (χ1) is 6.66. The third kappa shape index (κ3) is 1.56. The molecule has 0 spiro atoms. The van der Waals surface area contributed by atoms with Crippen molar-refractivity contribution >= 4 is 11.6 Å². The molecule has 1 heterocycles. The van der Waals surface area contributed by atoms with Gasteiger partial charge >= 0.3 is 0 Å². The molecular formula is C10H11NO3. The van der Waals surface area contributed by atoms with Crippen LogP contribution in [0.15, 0.2) is 24.3 Å². The predicted octanol–water partition coefficient (Wildman–Crippen LogP) is 0.490. The van der Waals surface area contributed by atoms with E-state index < -0.39 is 6.10 Å². The Morgan fingerprint density at radius 2 is 1.93 bits per heavy atom. The minimum absolute atomic E-state index is 0.0804. The van der Waals surface area contributed by atoms with Crippen molar-refractivity contribution in [2.24, 2.45) is 0 Å². The monoisotopic (exact) mass is 193 g/mol. The van der Waals surface area contributed by atoms with Crippen LogP contribution in [-0.2, 0) is 4.79 Å². The lowest BCUT2D eigenvalue weighted by Gasteiger charge is -2.15. The SMILES string of the molecule is O=C1CC(O)CN1c1ccc(O)cc1. The smallest absolute Gasteiger partial charge is 0.229 e. The van der Waals surface area contributed by atoms with E-state index in [0.717, 1.165) is 0 Å². The van der Waals surface area contributed by atoms with Crippen LogP contribution >= 0.6 is 0 Å². The largest absolute Gasteiger partial charge is 0.508 e. The summed E-state index contributed by atoms with van der Waals surface area (Å²) in [5.74, 6) is 0.0872. The number of phenolic OH excluding ortho intramolecular Hbond substituents is 1. The maximum Gasteiger partial charge on any atom is 0.229 e. The summed E-state index contributed by atoms with van der Waals surface area (Å²) in [7, 11) is 0. The number of aliphatic hydroxyl groups excluding tert-OH is 1. The minimum atomic E-state index is -0.573. The molecule has 1 saturated heterocycles. The van der Waals surface area contributed by atoms with Crippen molar-refractivity contribution in [2.75, 3.05) is 11.4 Å². The van der Waals surface area contributed by atoms with Crippen molar-refractivity contribution in [2.45, 2.75) is 12.5 Å². The van der Waals surface area contributed by atoms with Crippen LogP contribution < -0.4 is 4.90 Å². The van der Waals surface area contributed by atoms with Crippen molar-refractivity contribution in [3.63, 3.8) is 0 Å². The van der Waals surface area contributed by atoms with Gasteiger partial charge in [0, 0.05) is 5.69 Å². The number of hydrogen-bond acceptors (Lipinski definition) is 3. The number of carbonyl (C=O) groups is 1. The quantitative estimate of drug-likeness (QED) is 0.682. The molecule has 74 valence electrons. The number of amides is 1. The Morgan fingerprint density at radius 1 is 1.29 bits per heavy atom. The summed E-state index contributed by atoms with van der Waals surface area (Å²) in [6, 6.07) is 6.36. The Kier molecular flexibility index (Phi) is 2.13. The molecule has 4 heteroatoms. The van der Waals surface area contributed by atoms with Crippen LogP contribution in [-0.4, -0.2) is 28.8 Å². The van der Waals surface area contributed by atoms with Crippen LogP contribution in [0.1, 0.15) is 6.42 Å². The zero-order valence-electron chi connectivity index (χ0n) is 7.55. The molecule has 1 aliphatic heterocycles. The van der Waals surface area contributed by atoms with Crippen LogP contribution in [0.3, 0.4) is 0 Å². The van der Waals surface area contributed by atoms with E-state index in [2.05, 4.69) is 0 Å². The van der Waals surface area contributed by atoms with E-state index in [4.69, 9.17) is 5.11 Å². The molecule has 0 radical (unpaired) electrons. The number of nitrogens with zero attached hydrogens (tertiary/aromatic N) is 1. The first-order valence-electron chi connectivity index (χ1n) is 4.44. The van der Waals surface area contributed by atoms with Gasteiger partial charge in [-0.15, -0.1) is 0 Å². The molecule has 2 rings (SSSR count). The zero-order chi connectivity index (χ0) is 10.1. The molecule has 2 N–H and O–H groups in total. The lowest BCUT2D eigenvalue weighted by molar-refractivity contribution is -0.117.